The lowest BCUT2D eigenvalue weighted by Gasteiger charge is -2.36. The average molecular weight is 293 g/mol. The van der Waals surface area contributed by atoms with Crippen molar-refractivity contribution in [1.82, 2.24) is 4.90 Å². The summed E-state index contributed by atoms with van der Waals surface area (Å²) in [5.41, 5.74) is 0.443. The molecular weight excluding hydrogens is 269 g/mol. The second kappa shape index (κ2) is 7.80. The molecule has 1 heterocycles. The summed E-state index contributed by atoms with van der Waals surface area (Å²) in [5.74, 6) is 1.27. The molecule has 1 saturated heterocycles. The molecule has 5 nitrogen and oxygen atoms in total. The van der Waals surface area contributed by atoms with Crippen LogP contribution in [0.15, 0.2) is 24.3 Å². The SMILES string of the molecule is COC1CN(CCOc2cccc(B(O)O)c2)CCC1C. The highest BCUT2D eigenvalue weighted by atomic mass is 16.5. The first-order valence-corrected chi connectivity index (χ1v) is 7.44. The third-order valence-corrected chi connectivity index (χ3v) is 4.11. The molecule has 116 valence electrons. The van der Waals surface area contributed by atoms with Crippen LogP contribution < -0.4 is 10.2 Å². The number of methoxy groups -OCH3 is 1. The van der Waals surface area contributed by atoms with Gasteiger partial charge in [-0.3, -0.25) is 4.90 Å². The molecule has 6 heteroatoms. The molecule has 2 rings (SSSR count). The van der Waals surface area contributed by atoms with Crippen molar-refractivity contribution >= 4 is 12.6 Å². The Morgan fingerprint density at radius 3 is 2.90 bits per heavy atom. The first-order valence-electron chi connectivity index (χ1n) is 7.44. The van der Waals surface area contributed by atoms with E-state index in [1.807, 2.05) is 6.07 Å². The Morgan fingerprint density at radius 2 is 2.19 bits per heavy atom. The highest BCUT2D eigenvalue weighted by Crippen LogP contribution is 2.19. The second-order valence-electron chi connectivity index (χ2n) is 5.64. The van der Waals surface area contributed by atoms with E-state index in [2.05, 4.69) is 11.8 Å². The molecule has 2 N–H and O–H groups in total. The van der Waals surface area contributed by atoms with Crippen LogP contribution in [0.1, 0.15) is 13.3 Å². The van der Waals surface area contributed by atoms with Gasteiger partial charge in [-0.25, -0.2) is 0 Å². The van der Waals surface area contributed by atoms with Crippen LogP contribution >= 0.6 is 0 Å². The van der Waals surface area contributed by atoms with Crippen molar-refractivity contribution in [2.24, 2.45) is 5.92 Å². The quantitative estimate of drug-likeness (QED) is 0.729. The molecule has 0 radical (unpaired) electrons. The van der Waals surface area contributed by atoms with Crippen molar-refractivity contribution in [3.63, 3.8) is 0 Å². The lowest BCUT2D eigenvalue weighted by atomic mass is 9.80. The first kappa shape index (κ1) is 16.3. The minimum Gasteiger partial charge on any atom is -0.492 e. The predicted octanol–water partition coefficient (Wildman–Crippen LogP) is 0.102. The van der Waals surface area contributed by atoms with E-state index >= 15 is 0 Å². The zero-order valence-electron chi connectivity index (χ0n) is 12.7. The summed E-state index contributed by atoms with van der Waals surface area (Å²) in [6.45, 7) is 5.66. The van der Waals surface area contributed by atoms with Crippen LogP contribution in [0.5, 0.6) is 5.75 Å². The highest BCUT2D eigenvalue weighted by Gasteiger charge is 2.25. The number of hydrogen-bond acceptors (Lipinski definition) is 5. The van der Waals surface area contributed by atoms with Crippen molar-refractivity contribution in [1.29, 1.82) is 0 Å². The van der Waals surface area contributed by atoms with Crippen LogP contribution in [-0.4, -0.2) is 61.5 Å². The molecule has 0 aliphatic carbocycles. The van der Waals surface area contributed by atoms with Crippen LogP contribution in [0.25, 0.3) is 0 Å². The van der Waals surface area contributed by atoms with Gasteiger partial charge in [-0.1, -0.05) is 19.1 Å². The number of hydrogen-bond donors (Lipinski definition) is 2. The molecule has 1 aromatic rings. The van der Waals surface area contributed by atoms with Crippen LogP contribution in [-0.2, 0) is 4.74 Å². The minimum absolute atomic E-state index is 0.298. The summed E-state index contributed by atoms with van der Waals surface area (Å²) in [5, 5.41) is 18.3. The molecule has 0 amide bonds. The minimum atomic E-state index is -1.46. The lowest BCUT2D eigenvalue weighted by molar-refractivity contribution is -0.00788. The lowest BCUT2D eigenvalue weighted by Crippen LogP contribution is -2.45. The first-order chi connectivity index (χ1) is 10.1. The summed E-state index contributed by atoms with van der Waals surface area (Å²) >= 11 is 0. The van der Waals surface area contributed by atoms with Gasteiger partial charge in [0, 0.05) is 20.2 Å². The zero-order chi connectivity index (χ0) is 15.2. The average Bonchev–Trinajstić information content (AvgIpc) is 2.49. The number of benzene rings is 1. The zero-order valence-corrected chi connectivity index (χ0v) is 12.7. The van der Waals surface area contributed by atoms with Gasteiger partial charge in [0.2, 0.25) is 0 Å². The van der Waals surface area contributed by atoms with Crippen molar-refractivity contribution in [3.05, 3.63) is 24.3 Å². The van der Waals surface area contributed by atoms with Gasteiger partial charge in [-0.15, -0.1) is 0 Å². The molecule has 21 heavy (non-hydrogen) atoms. The molecule has 0 spiro atoms. The normalized spacial score (nSPS) is 23.0. The van der Waals surface area contributed by atoms with Gasteiger partial charge >= 0.3 is 7.12 Å². The van der Waals surface area contributed by atoms with E-state index in [9.17, 15) is 0 Å². The van der Waals surface area contributed by atoms with E-state index < -0.39 is 7.12 Å². The van der Waals surface area contributed by atoms with Gasteiger partial charge in [-0.05, 0) is 36.5 Å². The standard InChI is InChI=1S/C15H24BNO4/c1-12-6-7-17(11-15(12)20-2)8-9-21-14-5-3-4-13(10-14)16(18)19/h3-5,10,12,15,18-19H,6-9,11H2,1-2H3. The number of piperidine rings is 1. The van der Waals surface area contributed by atoms with Gasteiger partial charge in [-0.2, -0.15) is 0 Å². The van der Waals surface area contributed by atoms with Gasteiger partial charge in [0.1, 0.15) is 12.4 Å². The molecule has 2 atom stereocenters. The van der Waals surface area contributed by atoms with Crippen molar-refractivity contribution in [2.45, 2.75) is 19.4 Å². The molecular formula is C15H24BNO4. The molecule has 0 aromatic heterocycles. The molecule has 1 aliphatic heterocycles. The largest absolute Gasteiger partial charge is 0.492 e. The van der Waals surface area contributed by atoms with Gasteiger partial charge in [0.25, 0.3) is 0 Å². The molecule has 0 bridgehead atoms. The maximum Gasteiger partial charge on any atom is 0.488 e. The smallest absolute Gasteiger partial charge is 0.488 e. The van der Waals surface area contributed by atoms with Crippen molar-refractivity contribution in [3.8, 4) is 5.75 Å². The maximum atomic E-state index is 9.14. The van der Waals surface area contributed by atoms with E-state index in [0.29, 0.717) is 29.8 Å². The number of rotatable bonds is 6. The highest BCUT2D eigenvalue weighted by molar-refractivity contribution is 6.58. The summed E-state index contributed by atoms with van der Waals surface area (Å²) in [4.78, 5) is 2.35. The Labute approximate surface area is 126 Å². The summed E-state index contributed by atoms with van der Waals surface area (Å²) < 4.78 is 11.2. The molecule has 0 saturated carbocycles. The van der Waals surface area contributed by atoms with E-state index in [4.69, 9.17) is 19.5 Å². The van der Waals surface area contributed by atoms with E-state index in [0.717, 1.165) is 26.1 Å². The Morgan fingerprint density at radius 1 is 1.38 bits per heavy atom. The summed E-state index contributed by atoms with van der Waals surface area (Å²) in [6, 6.07) is 6.89. The van der Waals surface area contributed by atoms with Crippen LogP contribution in [0.3, 0.4) is 0 Å². The summed E-state index contributed by atoms with van der Waals surface area (Å²) in [6.07, 6.45) is 1.44. The van der Waals surface area contributed by atoms with E-state index in [-0.39, 0.29) is 0 Å². The van der Waals surface area contributed by atoms with Gasteiger partial charge in [0.05, 0.1) is 6.10 Å². The monoisotopic (exact) mass is 293 g/mol. The number of likely N-dealkylation sites (tertiary alicyclic amines) is 1. The Kier molecular flexibility index (Phi) is 6.05. The third kappa shape index (κ3) is 4.71. The van der Waals surface area contributed by atoms with Gasteiger partial charge in [0.15, 0.2) is 0 Å². The number of nitrogens with zero attached hydrogens (tertiary/aromatic N) is 1. The topological polar surface area (TPSA) is 62.2 Å². The van der Waals surface area contributed by atoms with Crippen LogP contribution in [0.4, 0.5) is 0 Å². The fourth-order valence-electron chi connectivity index (χ4n) is 2.67. The molecule has 1 fully saturated rings. The Hall–Kier alpha value is -1.08. The third-order valence-electron chi connectivity index (χ3n) is 4.11. The molecule has 1 aromatic carbocycles. The molecule has 2 unspecified atom stereocenters. The molecule has 1 aliphatic rings. The fourth-order valence-corrected chi connectivity index (χ4v) is 2.67. The van der Waals surface area contributed by atoms with Crippen LogP contribution in [0.2, 0.25) is 0 Å². The summed E-state index contributed by atoms with van der Waals surface area (Å²) in [7, 11) is 0.312. The number of ether oxygens (including phenoxy) is 2. The fraction of sp³-hybridized carbons (Fsp3) is 0.600. The van der Waals surface area contributed by atoms with Crippen molar-refractivity contribution < 1.29 is 19.5 Å². The van der Waals surface area contributed by atoms with E-state index in [1.54, 1.807) is 25.3 Å². The van der Waals surface area contributed by atoms with Crippen LogP contribution in [0, 0.1) is 5.92 Å². The van der Waals surface area contributed by atoms with Gasteiger partial charge < -0.3 is 19.5 Å². The Balaban J connectivity index is 1.78. The Bertz CT molecular complexity index is 443. The predicted molar refractivity (Wildman–Crippen MR) is 82.8 cm³/mol. The van der Waals surface area contributed by atoms with Crippen molar-refractivity contribution in [2.75, 3.05) is 33.4 Å². The second-order valence-corrected chi connectivity index (χ2v) is 5.64. The maximum absolute atomic E-state index is 9.14. The van der Waals surface area contributed by atoms with E-state index in [1.165, 1.54) is 0 Å².